The van der Waals surface area contributed by atoms with E-state index in [4.69, 9.17) is 6.57 Å². The zero-order valence-corrected chi connectivity index (χ0v) is 27.2. The van der Waals surface area contributed by atoms with E-state index in [-0.39, 0.29) is 5.70 Å². The highest BCUT2D eigenvalue weighted by molar-refractivity contribution is 5.89. The molecule has 1 unspecified atom stereocenters. The number of carboxylic acid groups (broad SMARTS) is 1. The number of carbonyl (C=O) groups is 1. The van der Waals surface area contributed by atoms with E-state index in [0.717, 1.165) is 53.9 Å². The Hall–Kier alpha value is -6.18. The van der Waals surface area contributed by atoms with Crippen LogP contribution in [0.4, 0.5) is 17.1 Å². The molecule has 4 heteroatoms. The molecular weight excluding hydrogens is 601 g/mol. The average Bonchev–Trinajstić information content (AvgIpc) is 3.15. The quantitative estimate of drug-likeness (QED) is 0.136. The Labute approximate surface area is 288 Å². The molecule has 7 rings (SSSR count). The standard InChI is InChI=1S/C45H36N2O2/c1-46-44(45(48)49)31-34-13-17-39-16-12-33(29-40(39)30-34)28-32-14-22-41(23-15-32)47(42-24-18-37(19-25-42)35-8-4-2-5-9-35)43-26-20-38(21-27-43)36-10-6-3-7-11-36/h2-11,14-15,18-31,39H,12-13,16-17H2,(H,48,49)/b33-28+,44-31-. The molecule has 0 fully saturated rings. The predicted octanol–water partition coefficient (Wildman–Crippen LogP) is 11.8. The Bertz CT molecular complexity index is 2030. The van der Waals surface area contributed by atoms with Gasteiger partial charge in [0, 0.05) is 17.1 Å². The lowest BCUT2D eigenvalue weighted by atomic mass is 9.77. The highest BCUT2D eigenvalue weighted by Gasteiger charge is 2.23. The number of hydrogen-bond donors (Lipinski definition) is 1. The second kappa shape index (κ2) is 14.3. The van der Waals surface area contributed by atoms with E-state index in [1.54, 1.807) is 0 Å². The highest BCUT2D eigenvalue weighted by Crippen LogP contribution is 2.40. The minimum absolute atomic E-state index is 0.231. The summed E-state index contributed by atoms with van der Waals surface area (Å²) < 4.78 is 0. The first kappa shape index (κ1) is 31.4. The maximum Gasteiger partial charge on any atom is 0.333 e. The lowest BCUT2D eigenvalue weighted by Gasteiger charge is -2.28. The monoisotopic (exact) mass is 636 g/mol. The summed E-state index contributed by atoms with van der Waals surface area (Å²) in [5.41, 5.74) is 12.3. The fourth-order valence-corrected chi connectivity index (χ4v) is 6.80. The molecule has 5 aromatic rings. The second-order valence-electron chi connectivity index (χ2n) is 12.6. The molecule has 49 heavy (non-hydrogen) atoms. The maximum atomic E-state index is 11.4. The third kappa shape index (κ3) is 7.22. The molecule has 0 aliphatic heterocycles. The van der Waals surface area contributed by atoms with Gasteiger partial charge in [0.15, 0.2) is 0 Å². The van der Waals surface area contributed by atoms with E-state index >= 15 is 0 Å². The van der Waals surface area contributed by atoms with E-state index < -0.39 is 5.97 Å². The van der Waals surface area contributed by atoms with Gasteiger partial charge < -0.3 is 10.0 Å². The summed E-state index contributed by atoms with van der Waals surface area (Å²) >= 11 is 0. The SMILES string of the molecule is [C-]#[N+]/C(=C\C1=CC2=C/C(=C/c3ccc(N(c4ccc(-c5ccccc5)cc4)c4ccc(-c5ccccc5)cc4)cc3)CCC2CC1)C(=O)O. The van der Waals surface area contributed by atoms with Crippen molar-refractivity contribution in [2.45, 2.75) is 25.7 Å². The third-order valence-corrected chi connectivity index (χ3v) is 9.37. The van der Waals surface area contributed by atoms with Crippen molar-refractivity contribution in [3.8, 4) is 22.3 Å². The van der Waals surface area contributed by atoms with Crippen molar-refractivity contribution < 1.29 is 9.90 Å². The fourth-order valence-electron chi connectivity index (χ4n) is 6.80. The molecule has 2 aliphatic carbocycles. The lowest BCUT2D eigenvalue weighted by molar-refractivity contribution is -0.132. The third-order valence-electron chi connectivity index (χ3n) is 9.37. The lowest BCUT2D eigenvalue weighted by Crippen LogP contribution is -2.13. The predicted molar refractivity (Wildman–Crippen MR) is 200 cm³/mol. The van der Waals surface area contributed by atoms with Gasteiger partial charge in [-0.1, -0.05) is 121 Å². The Kier molecular flexibility index (Phi) is 9.17. The second-order valence-corrected chi connectivity index (χ2v) is 12.6. The summed E-state index contributed by atoms with van der Waals surface area (Å²) in [7, 11) is 0. The molecule has 0 radical (unpaired) electrons. The van der Waals surface area contributed by atoms with E-state index in [2.05, 4.69) is 149 Å². The Morgan fingerprint density at radius 1 is 0.653 bits per heavy atom. The van der Waals surface area contributed by atoms with Crippen LogP contribution in [0, 0.1) is 12.5 Å². The van der Waals surface area contributed by atoms with Gasteiger partial charge in [-0.25, -0.2) is 4.85 Å². The number of hydrogen-bond acceptors (Lipinski definition) is 2. The van der Waals surface area contributed by atoms with Crippen molar-refractivity contribution in [3.63, 3.8) is 0 Å². The van der Waals surface area contributed by atoms with Crippen LogP contribution in [-0.2, 0) is 4.79 Å². The summed E-state index contributed by atoms with van der Waals surface area (Å²) in [6, 6.07) is 47.1. The maximum absolute atomic E-state index is 11.4. The van der Waals surface area contributed by atoms with Crippen LogP contribution in [0.1, 0.15) is 31.2 Å². The van der Waals surface area contributed by atoms with Crippen molar-refractivity contribution in [1.82, 2.24) is 0 Å². The first-order chi connectivity index (χ1) is 24.0. The molecule has 1 atom stereocenters. The normalized spacial score (nSPS) is 16.6. The van der Waals surface area contributed by atoms with Gasteiger partial charge in [0.2, 0.25) is 0 Å². The number of anilines is 3. The van der Waals surface area contributed by atoms with Crippen molar-refractivity contribution >= 4 is 29.1 Å². The van der Waals surface area contributed by atoms with Crippen LogP contribution in [0.2, 0.25) is 0 Å². The molecular formula is C45H36N2O2. The van der Waals surface area contributed by atoms with Crippen LogP contribution in [0.25, 0.3) is 33.2 Å². The molecule has 0 heterocycles. The average molecular weight is 637 g/mol. The van der Waals surface area contributed by atoms with Crippen molar-refractivity contribution in [3.05, 3.63) is 191 Å². The zero-order valence-electron chi connectivity index (χ0n) is 27.2. The van der Waals surface area contributed by atoms with E-state index in [9.17, 15) is 9.90 Å². The van der Waals surface area contributed by atoms with Crippen LogP contribution in [0.5, 0.6) is 0 Å². The molecule has 2 aliphatic rings. The van der Waals surface area contributed by atoms with Crippen molar-refractivity contribution in [2.75, 3.05) is 4.90 Å². The highest BCUT2D eigenvalue weighted by atomic mass is 16.4. The van der Waals surface area contributed by atoms with Crippen LogP contribution in [-0.4, -0.2) is 11.1 Å². The van der Waals surface area contributed by atoms with E-state index in [0.29, 0.717) is 5.92 Å². The van der Waals surface area contributed by atoms with Gasteiger partial charge in [-0.2, -0.15) is 0 Å². The summed E-state index contributed by atoms with van der Waals surface area (Å²) in [5.74, 6) is -0.695. The van der Waals surface area contributed by atoms with Gasteiger partial charge in [-0.15, -0.1) is 0 Å². The van der Waals surface area contributed by atoms with Gasteiger partial charge in [-0.05, 0) is 113 Å². The van der Waals surface area contributed by atoms with Gasteiger partial charge in [0.1, 0.15) is 0 Å². The number of carboxylic acids is 1. The summed E-state index contributed by atoms with van der Waals surface area (Å²) in [6.45, 7) is 7.19. The first-order valence-electron chi connectivity index (χ1n) is 16.7. The largest absolute Gasteiger partial charge is 0.486 e. The van der Waals surface area contributed by atoms with Gasteiger partial charge >= 0.3 is 5.97 Å². The number of nitrogens with zero attached hydrogens (tertiary/aromatic N) is 2. The Morgan fingerprint density at radius 2 is 1.14 bits per heavy atom. The molecule has 4 nitrogen and oxygen atoms in total. The van der Waals surface area contributed by atoms with Crippen molar-refractivity contribution in [1.29, 1.82) is 0 Å². The van der Waals surface area contributed by atoms with E-state index in [1.165, 1.54) is 39.5 Å². The Balaban J connectivity index is 1.18. The van der Waals surface area contributed by atoms with E-state index in [1.807, 2.05) is 12.1 Å². The molecule has 0 spiro atoms. The molecule has 0 saturated heterocycles. The first-order valence-corrected chi connectivity index (χ1v) is 16.7. The van der Waals surface area contributed by atoms with Crippen LogP contribution in [0.15, 0.2) is 174 Å². The van der Waals surface area contributed by atoms with Crippen LogP contribution >= 0.6 is 0 Å². The van der Waals surface area contributed by atoms with Crippen LogP contribution in [0.3, 0.4) is 0 Å². The smallest absolute Gasteiger partial charge is 0.333 e. The fraction of sp³-hybridized carbons (Fsp3) is 0.111. The zero-order chi connectivity index (χ0) is 33.6. The molecule has 0 saturated carbocycles. The molecule has 1 N–H and O–H groups in total. The summed E-state index contributed by atoms with van der Waals surface area (Å²) in [5, 5.41) is 9.30. The van der Waals surface area contributed by atoms with Crippen molar-refractivity contribution in [2.24, 2.45) is 5.92 Å². The number of rotatable bonds is 8. The molecule has 0 aromatic heterocycles. The Morgan fingerprint density at radius 3 is 1.65 bits per heavy atom. The summed E-state index contributed by atoms with van der Waals surface area (Å²) in [4.78, 5) is 16.8. The minimum atomic E-state index is -1.17. The van der Waals surface area contributed by atoms with Gasteiger partial charge in [0.25, 0.3) is 5.70 Å². The molecule has 0 bridgehead atoms. The number of fused-ring (bicyclic) bond motifs is 1. The van der Waals surface area contributed by atoms with Crippen LogP contribution < -0.4 is 4.90 Å². The topological polar surface area (TPSA) is 44.9 Å². The number of aliphatic carboxylic acids is 1. The number of allylic oxidation sites excluding steroid dienone is 6. The number of benzene rings is 5. The van der Waals surface area contributed by atoms with Gasteiger partial charge in [0.05, 0.1) is 6.57 Å². The molecule has 0 amide bonds. The van der Waals surface area contributed by atoms with Gasteiger partial charge in [-0.3, -0.25) is 4.79 Å². The molecule has 238 valence electrons. The minimum Gasteiger partial charge on any atom is -0.486 e. The molecule has 5 aromatic carbocycles. The summed E-state index contributed by atoms with van der Waals surface area (Å²) in [6.07, 6.45) is 12.0.